The maximum Gasteiger partial charge on any atom is 0.216 e. The summed E-state index contributed by atoms with van der Waals surface area (Å²) in [6.45, 7) is 2.40. The molecule has 0 aliphatic heterocycles. The molecular weight excluding hydrogens is 250 g/mol. The molecule has 1 aromatic heterocycles. The van der Waals surface area contributed by atoms with Gasteiger partial charge in [-0.2, -0.15) is 0 Å². The number of para-hydroxylation sites is 2. The zero-order valence-electron chi connectivity index (χ0n) is 11.9. The number of nitrogens with one attached hydrogen (secondary N) is 2. The van der Waals surface area contributed by atoms with E-state index in [-0.39, 0.29) is 5.91 Å². The molecule has 1 saturated carbocycles. The van der Waals surface area contributed by atoms with Gasteiger partial charge in [0.1, 0.15) is 5.82 Å². The quantitative estimate of drug-likeness (QED) is 0.901. The zero-order valence-corrected chi connectivity index (χ0v) is 11.9. The highest BCUT2D eigenvalue weighted by atomic mass is 16.1. The van der Waals surface area contributed by atoms with Crippen molar-refractivity contribution < 1.29 is 4.79 Å². The number of carbonyl (C=O) groups is 1. The van der Waals surface area contributed by atoms with Crippen LogP contribution in [0.4, 0.5) is 0 Å². The number of amides is 1. The monoisotopic (exact) mass is 271 g/mol. The lowest BCUT2D eigenvalue weighted by Crippen LogP contribution is -2.29. The van der Waals surface area contributed by atoms with E-state index in [2.05, 4.69) is 22.4 Å². The molecule has 1 heterocycles. The predicted octanol–water partition coefficient (Wildman–Crippen LogP) is 2.97. The molecule has 106 valence electrons. The minimum atomic E-state index is 0.0735. The third-order valence-electron chi connectivity index (χ3n) is 4.28. The van der Waals surface area contributed by atoms with E-state index in [1.165, 1.54) is 12.8 Å². The largest absolute Gasteiger partial charge is 0.356 e. The smallest absolute Gasteiger partial charge is 0.216 e. The first kappa shape index (κ1) is 13.2. The fraction of sp³-hybridized carbons (Fsp3) is 0.500. The van der Waals surface area contributed by atoms with Crippen molar-refractivity contribution in [2.75, 3.05) is 6.54 Å². The summed E-state index contributed by atoms with van der Waals surface area (Å²) in [5, 5.41) is 2.93. The molecule has 1 amide bonds. The fourth-order valence-corrected chi connectivity index (χ4v) is 3.09. The van der Waals surface area contributed by atoms with Crippen LogP contribution in [0.25, 0.3) is 11.0 Å². The van der Waals surface area contributed by atoms with Crippen molar-refractivity contribution >= 4 is 16.9 Å². The number of benzene rings is 1. The first-order chi connectivity index (χ1) is 9.72. The van der Waals surface area contributed by atoms with Gasteiger partial charge in [-0.05, 0) is 43.7 Å². The SMILES string of the molecule is CC(=O)NCC1CCC(c2nc3ccccc3[nH]2)CC1. The van der Waals surface area contributed by atoms with Gasteiger partial charge in [-0.1, -0.05) is 12.1 Å². The molecule has 2 N–H and O–H groups in total. The van der Waals surface area contributed by atoms with Gasteiger partial charge in [0.2, 0.25) is 5.91 Å². The Balaban J connectivity index is 1.61. The van der Waals surface area contributed by atoms with Crippen LogP contribution in [0.5, 0.6) is 0 Å². The van der Waals surface area contributed by atoms with Crippen LogP contribution in [0, 0.1) is 5.92 Å². The standard InChI is InChI=1S/C16H21N3O/c1-11(20)17-10-12-6-8-13(9-7-12)16-18-14-4-2-3-5-15(14)19-16/h2-5,12-13H,6-10H2,1H3,(H,17,20)(H,18,19). The zero-order chi connectivity index (χ0) is 13.9. The average Bonchev–Trinajstić information content (AvgIpc) is 2.89. The van der Waals surface area contributed by atoms with E-state index in [0.717, 1.165) is 36.2 Å². The van der Waals surface area contributed by atoms with E-state index in [1.807, 2.05) is 12.1 Å². The predicted molar refractivity (Wildman–Crippen MR) is 79.5 cm³/mol. The minimum absolute atomic E-state index is 0.0735. The molecule has 1 aliphatic rings. The molecule has 1 aromatic carbocycles. The summed E-state index contributed by atoms with van der Waals surface area (Å²) in [6.07, 6.45) is 4.65. The van der Waals surface area contributed by atoms with Crippen LogP contribution in [0.2, 0.25) is 0 Å². The molecule has 2 aromatic rings. The number of H-pyrrole nitrogens is 1. The van der Waals surface area contributed by atoms with Crippen molar-refractivity contribution in [1.29, 1.82) is 0 Å². The summed E-state index contributed by atoms with van der Waals surface area (Å²) >= 11 is 0. The van der Waals surface area contributed by atoms with Crippen molar-refractivity contribution in [1.82, 2.24) is 15.3 Å². The highest BCUT2D eigenvalue weighted by molar-refractivity contribution is 5.74. The van der Waals surface area contributed by atoms with Gasteiger partial charge in [-0.15, -0.1) is 0 Å². The second-order valence-corrected chi connectivity index (χ2v) is 5.79. The first-order valence-electron chi connectivity index (χ1n) is 7.41. The number of hydrogen-bond donors (Lipinski definition) is 2. The van der Waals surface area contributed by atoms with Crippen LogP contribution < -0.4 is 5.32 Å². The lowest BCUT2D eigenvalue weighted by atomic mass is 9.81. The first-order valence-corrected chi connectivity index (χ1v) is 7.41. The molecule has 1 aliphatic carbocycles. The molecule has 0 atom stereocenters. The van der Waals surface area contributed by atoms with E-state index < -0.39 is 0 Å². The summed E-state index contributed by atoms with van der Waals surface area (Å²) in [5.41, 5.74) is 2.19. The number of hydrogen-bond acceptors (Lipinski definition) is 2. The molecule has 0 radical (unpaired) electrons. The Morgan fingerprint density at radius 2 is 2.05 bits per heavy atom. The molecule has 3 rings (SSSR count). The van der Waals surface area contributed by atoms with Gasteiger partial charge < -0.3 is 10.3 Å². The Bertz CT molecular complexity index is 564. The van der Waals surface area contributed by atoms with Gasteiger partial charge >= 0.3 is 0 Å². The van der Waals surface area contributed by atoms with E-state index in [4.69, 9.17) is 4.98 Å². The van der Waals surface area contributed by atoms with Crippen LogP contribution in [0.1, 0.15) is 44.3 Å². The third-order valence-corrected chi connectivity index (χ3v) is 4.28. The minimum Gasteiger partial charge on any atom is -0.356 e. The van der Waals surface area contributed by atoms with Crippen molar-refractivity contribution in [3.63, 3.8) is 0 Å². The number of fused-ring (bicyclic) bond motifs is 1. The van der Waals surface area contributed by atoms with Gasteiger partial charge in [0.25, 0.3) is 0 Å². The van der Waals surface area contributed by atoms with Crippen LogP contribution in [-0.4, -0.2) is 22.4 Å². The van der Waals surface area contributed by atoms with Gasteiger partial charge in [-0.25, -0.2) is 4.98 Å². The van der Waals surface area contributed by atoms with E-state index in [1.54, 1.807) is 6.92 Å². The molecule has 0 spiro atoms. The van der Waals surface area contributed by atoms with Gasteiger partial charge in [0.05, 0.1) is 11.0 Å². The number of imidazole rings is 1. The molecule has 0 unspecified atom stereocenters. The van der Waals surface area contributed by atoms with Gasteiger partial charge in [0.15, 0.2) is 0 Å². The summed E-state index contributed by atoms with van der Waals surface area (Å²) < 4.78 is 0. The summed E-state index contributed by atoms with van der Waals surface area (Å²) in [7, 11) is 0. The van der Waals surface area contributed by atoms with Crippen LogP contribution in [0.3, 0.4) is 0 Å². The van der Waals surface area contributed by atoms with Crippen molar-refractivity contribution in [3.8, 4) is 0 Å². The Morgan fingerprint density at radius 3 is 2.75 bits per heavy atom. The highest BCUT2D eigenvalue weighted by Gasteiger charge is 2.24. The molecule has 0 saturated heterocycles. The second kappa shape index (κ2) is 5.65. The molecule has 0 bridgehead atoms. The Kier molecular flexibility index (Phi) is 3.72. The Hall–Kier alpha value is -1.84. The van der Waals surface area contributed by atoms with Crippen molar-refractivity contribution in [3.05, 3.63) is 30.1 Å². The van der Waals surface area contributed by atoms with Gasteiger partial charge in [-0.3, -0.25) is 4.79 Å². The Morgan fingerprint density at radius 1 is 1.30 bits per heavy atom. The van der Waals surface area contributed by atoms with Crippen molar-refractivity contribution in [2.45, 2.75) is 38.5 Å². The lowest BCUT2D eigenvalue weighted by molar-refractivity contribution is -0.119. The molecular formula is C16H21N3O. The highest BCUT2D eigenvalue weighted by Crippen LogP contribution is 2.34. The lowest BCUT2D eigenvalue weighted by Gasteiger charge is -2.27. The number of aromatic amines is 1. The maximum absolute atomic E-state index is 10.9. The number of nitrogens with zero attached hydrogens (tertiary/aromatic N) is 1. The Labute approximate surface area is 119 Å². The average molecular weight is 271 g/mol. The van der Waals surface area contributed by atoms with Crippen LogP contribution in [0.15, 0.2) is 24.3 Å². The molecule has 20 heavy (non-hydrogen) atoms. The van der Waals surface area contributed by atoms with E-state index in [9.17, 15) is 4.79 Å². The van der Waals surface area contributed by atoms with E-state index >= 15 is 0 Å². The number of rotatable bonds is 3. The summed E-state index contributed by atoms with van der Waals surface area (Å²) in [5.74, 6) is 2.36. The number of aromatic nitrogens is 2. The van der Waals surface area contributed by atoms with Crippen LogP contribution >= 0.6 is 0 Å². The normalized spacial score (nSPS) is 22.9. The summed E-state index contributed by atoms with van der Waals surface area (Å²) in [6, 6.07) is 8.19. The summed E-state index contributed by atoms with van der Waals surface area (Å²) in [4.78, 5) is 19.1. The fourth-order valence-electron chi connectivity index (χ4n) is 3.09. The second-order valence-electron chi connectivity index (χ2n) is 5.79. The topological polar surface area (TPSA) is 57.8 Å². The van der Waals surface area contributed by atoms with Crippen LogP contribution in [-0.2, 0) is 4.79 Å². The maximum atomic E-state index is 10.9. The molecule has 4 heteroatoms. The number of carbonyl (C=O) groups excluding carboxylic acids is 1. The van der Waals surface area contributed by atoms with E-state index in [0.29, 0.717) is 11.8 Å². The van der Waals surface area contributed by atoms with Gasteiger partial charge in [0, 0.05) is 19.4 Å². The molecule has 1 fully saturated rings. The third kappa shape index (κ3) is 2.84. The van der Waals surface area contributed by atoms with Crippen molar-refractivity contribution in [2.24, 2.45) is 5.92 Å². The molecule has 4 nitrogen and oxygen atoms in total.